The Morgan fingerprint density at radius 3 is 2.48 bits per heavy atom. The van der Waals surface area contributed by atoms with Crippen molar-refractivity contribution < 1.29 is 9.53 Å². The van der Waals surface area contributed by atoms with Gasteiger partial charge in [-0.2, -0.15) is 0 Å². The number of aliphatic imine (C=N–C) groups is 1. The van der Waals surface area contributed by atoms with Crippen molar-refractivity contribution >= 4 is 11.9 Å². The maximum absolute atomic E-state index is 11.9. The molecule has 0 atom stereocenters. The van der Waals surface area contributed by atoms with Crippen LogP contribution in [0.3, 0.4) is 0 Å². The first-order chi connectivity index (χ1) is 12.1. The number of nitrogens with zero attached hydrogens (tertiary/aromatic N) is 3. The van der Waals surface area contributed by atoms with Gasteiger partial charge in [-0.1, -0.05) is 25.7 Å². The molecule has 1 saturated heterocycles. The minimum absolute atomic E-state index is 0.0345. The molecule has 0 unspecified atom stereocenters. The van der Waals surface area contributed by atoms with Crippen molar-refractivity contribution in [2.45, 2.75) is 51.4 Å². The fraction of sp³-hybridized carbons (Fsp3) is 0.895. The molecule has 0 aromatic heterocycles. The number of carbonyl (C=O) groups is 1. The molecular formula is C19H36N4O2. The summed E-state index contributed by atoms with van der Waals surface area (Å²) >= 11 is 0. The molecule has 1 saturated carbocycles. The molecule has 0 bridgehead atoms. The van der Waals surface area contributed by atoms with Crippen molar-refractivity contribution in [2.75, 3.05) is 54.0 Å². The summed E-state index contributed by atoms with van der Waals surface area (Å²) in [7, 11) is 5.25. The Hall–Kier alpha value is -1.30. The maximum atomic E-state index is 11.9. The number of carbonyl (C=O) groups excluding carboxylic acids is 1. The average molecular weight is 353 g/mol. The van der Waals surface area contributed by atoms with Crippen LogP contribution in [-0.2, 0) is 9.53 Å². The van der Waals surface area contributed by atoms with Crippen LogP contribution in [-0.4, -0.2) is 75.7 Å². The van der Waals surface area contributed by atoms with Crippen LogP contribution in [0.4, 0.5) is 0 Å². The summed E-state index contributed by atoms with van der Waals surface area (Å²) in [6, 6.07) is 0. The van der Waals surface area contributed by atoms with Crippen LogP contribution >= 0.6 is 0 Å². The van der Waals surface area contributed by atoms with E-state index in [1.54, 1.807) is 26.1 Å². The van der Waals surface area contributed by atoms with Gasteiger partial charge in [0.1, 0.15) is 6.54 Å². The molecule has 1 aliphatic carbocycles. The molecule has 25 heavy (non-hydrogen) atoms. The largest absolute Gasteiger partial charge is 0.383 e. The number of amides is 1. The van der Waals surface area contributed by atoms with E-state index >= 15 is 0 Å². The van der Waals surface area contributed by atoms with E-state index in [0.29, 0.717) is 12.0 Å². The monoisotopic (exact) mass is 352 g/mol. The van der Waals surface area contributed by atoms with E-state index in [1.807, 2.05) is 0 Å². The molecule has 2 rings (SSSR count). The molecule has 0 aromatic carbocycles. The molecule has 2 aliphatic rings. The Morgan fingerprint density at radius 2 is 1.84 bits per heavy atom. The third-order valence-corrected chi connectivity index (χ3v) is 5.58. The van der Waals surface area contributed by atoms with Crippen LogP contribution in [0.15, 0.2) is 4.99 Å². The van der Waals surface area contributed by atoms with Crippen molar-refractivity contribution in [2.24, 2.45) is 10.4 Å². The third kappa shape index (κ3) is 6.17. The number of methoxy groups -OCH3 is 1. The van der Waals surface area contributed by atoms with Gasteiger partial charge in [0.05, 0.1) is 6.61 Å². The average Bonchev–Trinajstić information content (AvgIpc) is 2.83. The molecular weight excluding hydrogens is 316 g/mol. The number of nitrogens with one attached hydrogen (secondary N) is 1. The number of likely N-dealkylation sites (N-methyl/N-ethyl adjacent to an activating group) is 1. The molecule has 0 radical (unpaired) electrons. The first kappa shape index (κ1) is 20.0. The van der Waals surface area contributed by atoms with Gasteiger partial charge in [0.15, 0.2) is 5.96 Å². The fourth-order valence-electron chi connectivity index (χ4n) is 4.09. The van der Waals surface area contributed by atoms with Crippen molar-refractivity contribution in [1.29, 1.82) is 0 Å². The zero-order valence-electron chi connectivity index (χ0n) is 16.4. The minimum atomic E-state index is 0.0345. The zero-order chi connectivity index (χ0) is 18.1. The smallest absolute Gasteiger partial charge is 0.243 e. The van der Waals surface area contributed by atoms with E-state index in [0.717, 1.165) is 25.6 Å². The SMILES string of the molecule is COCCNC(=NCC(=O)N(C)C)N1CCCC2(CCCCCC2)C1. The van der Waals surface area contributed by atoms with Gasteiger partial charge in [-0.15, -0.1) is 0 Å². The number of piperidine rings is 1. The first-order valence-corrected chi connectivity index (χ1v) is 9.79. The lowest BCUT2D eigenvalue weighted by atomic mass is 9.74. The van der Waals surface area contributed by atoms with Gasteiger partial charge in [-0.25, -0.2) is 4.99 Å². The minimum Gasteiger partial charge on any atom is -0.383 e. The molecule has 2 fully saturated rings. The highest BCUT2D eigenvalue weighted by Crippen LogP contribution is 2.42. The Bertz CT molecular complexity index is 443. The van der Waals surface area contributed by atoms with Crippen molar-refractivity contribution in [3.8, 4) is 0 Å². The summed E-state index contributed by atoms with van der Waals surface area (Å²) in [4.78, 5) is 20.6. The van der Waals surface area contributed by atoms with Crippen LogP contribution < -0.4 is 5.32 Å². The second-order valence-corrected chi connectivity index (χ2v) is 7.79. The summed E-state index contributed by atoms with van der Waals surface area (Å²) in [6.07, 6.45) is 10.7. The number of ether oxygens (including phenoxy) is 1. The van der Waals surface area contributed by atoms with Gasteiger partial charge in [0.2, 0.25) is 5.91 Å². The number of likely N-dealkylation sites (tertiary alicyclic amines) is 1. The van der Waals surface area contributed by atoms with Gasteiger partial charge in [-0.05, 0) is 31.1 Å². The van der Waals surface area contributed by atoms with Crippen LogP contribution in [0.2, 0.25) is 0 Å². The second-order valence-electron chi connectivity index (χ2n) is 7.79. The molecule has 1 aliphatic heterocycles. The first-order valence-electron chi connectivity index (χ1n) is 9.79. The van der Waals surface area contributed by atoms with Crippen molar-refractivity contribution in [3.05, 3.63) is 0 Å². The van der Waals surface area contributed by atoms with Crippen molar-refractivity contribution in [1.82, 2.24) is 15.1 Å². The number of hydrogen-bond donors (Lipinski definition) is 1. The van der Waals surface area contributed by atoms with Crippen LogP contribution in [0.25, 0.3) is 0 Å². The normalized spacial score (nSPS) is 21.1. The highest BCUT2D eigenvalue weighted by molar-refractivity contribution is 5.85. The highest BCUT2D eigenvalue weighted by atomic mass is 16.5. The lowest BCUT2D eigenvalue weighted by Crippen LogP contribution is -2.51. The number of guanidine groups is 1. The molecule has 0 aromatic rings. The predicted octanol–water partition coefficient (Wildman–Crippen LogP) is 2.10. The van der Waals surface area contributed by atoms with E-state index in [4.69, 9.17) is 4.74 Å². The van der Waals surface area contributed by atoms with E-state index in [2.05, 4.69) is 15.2 Å². The Balaban J connectivity index is 2.05. The van der Waals surface area contributed by atoms with Crippen LogP contribution in [0, 0.1) is 5.41 Å². The van der Waals surface area contributed by atoms with Crippen LogP contribution in [0.5, 0.6) is 0 Å². The summed E-state index contributed by atoms with van der Waals surface area (Å²) in [5, 5.41) is 3.40. The summed E-state index contributed by atoms with van der Waals surface area (Å²) in [6.45, 7) is 3.65. The predicted molar refractivity (Wildman–Crippen MR) is 102 cm³/mol. The van der Waals surface area contributed by atoms with E-state index in [9.17, 15) is 4.79 Å². The van der Waals surface area contributed by atoms with Gasteiger partial charge in [0.25, 0.3) is 0 Å². The lowest BCUT2D eigenvalue weighted by molar-refractivity contribution is -0.127. The topological polar surface area (TPSA) is 57.2 Å². The zero-order valence-corrected chi connectivity index (χ0v) is 16.4. The van der Waals surface area contributed by atoms with Gasteiger partial charge >= 0.3 is 0 Å². The Kier molecular flexibility index (Phi) is 8.00. The summed E-state index contributed by atoms with van der Waals surface area (Å²) in [5.41, 5.74) is 0.448. The molecule has 1 amide bonds. The van der Waals surface area contributed by atoms with Gasteiger partial charge in [-0.3, -0.25) is 4.79 Å². The quantitative estimate of drug-likeness (QED) is 0.468. The highest BCUT2D eigenvalue weighted by Gasteiger charge is 2.36. The van der Waals surface area contributed by atoms with Gasteiger partial charge < -0.3 is 19.9 Å². The number of rotatable bonds is 5. The molecule has 144 valence electrons. The maximum Gasteiger partial charge on any atom is 0.243 e. The summed E-state index contributed by atoms with van der Waals surface area (Å²) < 4.78 is 5.16. The fourth-order valence-corrected chi connectivity index (χ4v) is 4.09. The Morgan fingerprint density at radius 1 is 1.16 bits per heavy atom. The van der Waals surface area contributed by atoms with E-state index < -0.39 is 0 Å². The molecule has 6 nitrogen and oxygen atoms in total. The molecule has 1 spiro atoms. The van der Waals surface area contributed by atoms with Gasteiger partial charge in [0, 0.05) is 40.8 Å². The molecule has 1 N–H and O–H groups in total. The van der Waals surface area contributed by atoms with Crippen LogP contribution in [0.1, 0.15) is 51.4 Å². The third-order valence-electron chi connectivity index (χ3n) is 5.58. The van der Waals surface area contributed by atoms with E-state index in [-0.39, 0.29) is 12.5 Å². The lowest BCUT2D eigenvalue weighted by Gasteiger charge is -2.44. The van der Waals surface area contributed by atoms with Crippen molar-refractivity contribution in [3.63, 3.8) is 0 Å². The molecule has 1 heterocycles. The summed E-state index contributed by atoms with van der Waals surface area (Å²) in [5.74, 6) is 0.905. The Labute approximate surface area is 153 Å². The molecule has 6 heteroatoms. The second kappa shape index (κ2) is 10.00. The standard InChI is InChI=1S/C19H36N4O2/c1-22(2)17(24)15-21-18(20-12-14-25-3)23-13-8-11-19(16-23)9-6-4-5-7-10-19/h4-16H2,1-3H3,(H,20,21). The van der Waals surface area contributed by atoms with E-state index in [1.165, 1.54) is 51.4 Å². The number of hydrogen-bond acceptors (Lipinski definition) is 3.